The average Bonchev–Trinajstić information content (AvgIpc) is 2.97. The number of nitrogens with two attached hydrogens (primary N) is 2. The first kappa shape index (κ1) is 17.4. The fourth-order valence-corrected chi connectivity index (χ4v) is 3.60. The molecule has 1 aliphatic rings. The number of nitrogen functional groups attached to an aromatic ring is 1. The number of rotatable bonds is 4. The maximum atomic E-state index is 12.6. The third-order valence-electron chi connectivity index (χ3n) is 4.08. The van der Waals surface area contributed by atoms with E-state index in [1.807, 2.05) is 13.0 Å². The van der Waals surface area contributed by atoms with Gasteiger partial charge in [0, 0.05) is 25.3 Å². The molecular weight excluding hydrogens is 336 g/mol. The summed E-state index contributed by atoms with van der Waals surface area (Å²) in [6, 6.07) is 2.02. The van der Waals surface area contributed by atoms with Gasteiger partial charge in [0.15, 0.2) is 5.69 Å². The molecule has 1 aliphatic heterocycles. The van der Waals surface area contributed by atoms with Crippen molar-refractivity contribution in [2.24, 2.45) is 5.73 Å². The van der Waals surface area contributed by atoms with E-state index in [4.69, 9.17) is 11.5 Å². The molecule has 0 bridgehead atoms. The first-order valence-electron chi connectivity index (χ1n) is 8.13. The second kappa shape index (κ2) is 7.20. The summed E-state index contributed by atoms with van der Waals surface area (Å²) in [6.07, 6.45) is 5.39. The number of piperidine rings is 1. The Hall–Kier alpha value is -2.45. The first-order chi connectivity index (χ1) is 12.0. The number of aromatic nitrogens is 2. The predicted molar refractivity (Wildman–Crippen MR) is 103 cm³/mol. The standard InChI is InChI=1S/C17H22N6OS/c1-10(2)17-22-14(15(19)25-17)16(24)21-12-8-20-6-5-13(12)23-7-3-4-11(18)9-23/h5-6,8,11H,1,3-4,7,9,18-19H2,2H3,(H,21,24). The summed E-state index contributed by atoms with van der Waals surface area (Å²) >= 11 is 1.26. The van der Waals surface area contributed by atoms with Crippen LogP contribution in [0.15, 0.2) is 25.0 Å². The van der Waals surface area contributed by atoms with E-state index in [9.17, 15) is 4.79 Å². The van der Waals surface area contributed by atoms with E-state index in [1.54, 1.807) is 12.4 Å². The van der Waals surface area contributed by atoms with Gasteiger partial charge < -0.3 is 21.7 Å². The highest BCUT2D eigenvalue weighted by Crippen LogP contribution is 2.30. The van der Waals surface area contributed by atoms with Crippen molar-refractivity contribution in [1.29, 1.82) is 0 Å². The Labute approximate surface area is 150 Å². The molecule has 1 unspecified atom stereocenters. The minimum Gasteiger partial charge on any atom is -0.389 e. The molecule has 1 saturated heterocycles. The maximum absolute atomic E-state index is 12.6. The molecule has 7 nitrogen and oxygen atoms in total. The molecule has 0 aliphatic carbocycles. The van der Waals surface area contributed by atoms with Crippen molar-refractivity contribution in [3.8, 4) is 0 Å². The molecule has 1 fully saturated rings. The summed E-state index contributed by atoms with van der Waals surface area (Å²) in [4.78, 5) is 23.2. The molecule has 1 amide bonds. The van der Waals surface area contributed by atoms with Crippen molar-refractivity contribution < 1.29 is 4.79 Å². The van der Waals surface area contributed by atoms with E-state index >= 15 is 0 Å². The third kappa shape index (κ3) is 3.80. The predicted octanol–water partition coefficient (Wildman–Crippen LogP) is 2.33. The zero-order valence-corrected chi connectivity index (χ0v) is 15.0. The van der Waals surface area contributed by atoms with E-state index in [1.165, 1.54) is 11.3 Å². The van der Waals surface area contributed by atoms with Crippen LogP contribution >= 0.6 is 11.3 Å². The summed E-state index contributed by atoms with van der Waals surface area (Å²) in [5.74, 6) is -0.350. The first-order valence-corrected chi connectivity index (χ1v) is 8.95. The van der Waals surface area contributed by atoms with Crippen LogP contribution in [0.3, 0.4) is 0 Å². The third-order valence-corrected chi connectivity index (χ3v) is 5.12. The SMILES string of the molecule is C=C(C)c1nc(C(=O)Nc2cnccc2N2CCCC(N)C2)c(N)s1. The lowest BCUT2D eigenvalue weighted by atomic mass is 10.1. The molecule has 132 valence electrons. The van der Waals surface area contributed by atoms with Gasteiger partial charge in [0.25, 0.3) is 5.91 Å². The molecule has 3 rings (SSSR count). The van der Waals surface area contributed by atoms with Crippen molar-refractivity contribution in [2.75, 3.05) is 29.0 Å². The van der Waals surface area contributed by atoms with Crippen molar-refractivity contribution in [3.05, 3.63) is 35.7 Å². The minimum absolute atomic E-state index is 0.137. The van der Waals surface area contributed by atoms with Gasteiger partial charge in [-0.25, -0.2) is 4.98 Å². The van der Waals surface area contributed by atoms with Gasteiger partial charge in [-0.05, 0) is 31.4 Å². The number of nitrogens with one attached hydrogen (secondary N) is 1. The Bertz CT molecular complexity index is 802. The van der Waals surface area contributed by atoms with Crippen LogP contribution < -0.4 is 21.7 Å². The fourth-order valence-electron chi connectivity index (χ4n) is 2.85. The number of allylic oxidation sites excluding steroid dienone is 1. The molecule has 0 radical (unpaired) electrons. The molecule has 0 aromatic carbocycles. The highest BCUT2D eigenvalue weighted by atomic mass is 32.1. The van der Waals surface area contributed by atoms with Gasteiger partial charge in [-0.3, -0.25) is 9.78 Å². The molecule has 0 spiro atoms. The monoisotopic (exact) mass is 358 g/mol. The second-order valence-electron chi connectivity index (χ2n) is 6.21. The number of carbonyl (C=O) groups is 1. The van der Waals surface area contributed by atoms with E-state index in [2.05, 4.69) is 26.8 Å². The molecular formula is C17H22N6OS. The van der Waals surface area contributed by atoms with E-state index < -0.39 is 0 Å². The zero-order chi connectivity index (χ0) is 18.0. The molecule has 25 heavy (non-hydrogen) atoms. The quantitative estimate of drug-likeness (QED) is 0.774. The van der Waals surface area contributed by atoms with Gasteiger partial charge in [-0.2, -0.15) is 0 Å². The van der Waals surface area contributed by atoms with Gasteiger partial charge in [-0.1, -0.05) is 17.9 Å². The van der Waals surface area contributed by atoms with E-state index in [0.29, 0.717) is 15.7 Å². The Morgan fingerprint density at radius 2 is 2.32 bits per heavy atom. The zero-order valence-electron chi connectivity index (χ0n) is 14.2. The molecule has 1 atom stereocenters. The van der Waals surface area contributed by atoms with Gasteiger partial charge in [0.2, 0.25) is 0 Å². The van der Waals surface area contributed by atoms with Crippen molar-refractivity contribution >= 4 is 39.2 Å². The van der Waals surface area contributed by atoms with Gasteiger partial charge in [0.1, 0.15) is 10.0 Å². The summed E-state index contributed by atoms with van der Waals surface area (Å²) < 4.78 is 0. The number of amides is 1. The van der Waals surface area contributed by atoms with Crippen LogP contribution in [0, 0.1) is 0 Å². The lowest BCUT2D eigenvalue weighted by molar-refractivity contribution is 0.102. The maximum Gasteiger partial charge on any atom is 0.277 e. The highest BCUT2D eigenvalue weighted by Gasteiger charge is 2.22. The number of thiazole rings is 1. The minimum atomic E-state index is -0.350. The topological polar surface area (TPSA) is 110 Å². The van der Waals surface area contributed by atoms with Crippen molar-refractivity contribution in [2.45, 2.75) is 25.8 Å². The highest BCUT2D eigenvalue weighted by molar-refractivity contribution is 7.16. The second-order valence-corrected chi connectivity index (χ2v) is 7.24. The summed E-state index contributed by atoms with van der Waals surface area (Å²) in [5, 5.41) is 3.92. The molecule has 2 aromatic rings. The summed E-state index contributed by atoms with van der Waals surface area (Å²) in [5.41, 5.74) is 14.6. The Balaban J connectivity index is 1.83. The lowest BCUT2D eigenvalue weighted by Gasteiger charge is -2.33. The van der Waals surface area contributed by atoms with Crippen LogP contribution in [0.2, 0.25) is 0 Å². The molecule has 0 saturated carbocycles. The Morgan fingerprint density at radius 3 is 3.00 bits per heavy atom. The van der Waals surface area contributed by atoms with Crippen LogP contribution in [0.4, 0.5) is 16.4 Å². The molecule has 8 heteroatoms. The van der Waals surface area contributed by atoms with E-state index in [0.717, 1.165) is 37.2 Å². The number of carbonyl (C=O) groups excluding carboxylic acids is 1. The van der Waals surface area contributed by atoms with Crippen LogP contribution in [0.25, 0.3) is 5.57 Å². The van der Waals surface area contributed by atoms with Crippen molar-refractivity contribution in [1.82, 2.24) is 9.97 Å². The largest absolute Gasteiger partial charge is 0.389 e. The molecule has 3 heterocycles. The van der Waals surface area contributed by atoms with Crippen LogP contribution in [-0.2, 0) is 0 Å². The normalized spacial score (nSPS) is 17.4. The Kier molecular flexibility index (Phi) is 5.00. The summed E-state index contributed by atoms with van der Waals surface area (Å²) in [6.45, 7) is 7.33. The number of nitrogens with zero attached hydrogens (tertiary/aromatic N) is 3. The number of anilines is 3. The lowest BCUT2D eigenvalue weighted by Crippen LogP contribution is -2.43. The van der Waals surface area contributed by atoms with Crippen LogP contribution in [0.1, 0.15) is 35.3 Å². The van der Waals surface area contributed by atoms with Gasteiger partial charge in [0.05, 0.1) is 17.6 Å². The Morgan fingerprint density at radius 1 is 1.52 bits per heavy atom. The van der Waals surface area contributed by atoms with Gasteiger partial charge in [-0.15, -0.1) is 0 Å². The number of hydrogen-bond donors (Lipinski definition) is 3. The number of pyridine rings is 1. The smallest absolute Gasteiger partial charge is 0.277 e. The summed E-state index contributed by atoms with van der Waals surface area (Å²) in [7, 11) is 0. The number of hydrogen-bond acceptors (Lipinski definition) is 7. The van der Waals surface area contributed by atoms with Crippen LogP contribution in [-0.4, -0.2) is 35.0 Å². The van der Waals surface area contributed by atoms with Gasteiger partial charge >= 0.3 is 0 Å². The van der Waals surface area contributed by atoms with E-state index in [-0.39, 0.29) is 17.6 Å². The van der Waals surface area contributed by atoms with Crippen LogP contribution in [0.5, 0.6) is 0 Å². The fraction of sp³-hybridized carbons (Fsp3) is 0.353. The molecule has 2 aromatic heterocycles. The van der Waals surface area contributed by atoms with Crippen molar-refractivity contribution in [3.63, 3.8) is 0 Å². The average molecular weight is 358 g/mol. The molecule has 5 N–H and O–H groups in total.